The molecule has 0 aliphatic carbocycles. The van der Waals surface area contributed by atoms with E-state index in [0.717, 1.165) is 36.1 Å². The quantitative estimate of drug-likeness (QED) is 0.395. The maximum Gasteiger partial charge on any atom is 0.120 e. The summed E-state index contributed by atoms with van der Waals surface area (Å²) in [4.78, 5) is 0. The molecule has 2 nitrogen and oxygen atoms in total. The second kappa shape index (κ2) is 9.03. The molecule has 0 aliphatic heterocycles. The molecule has 1 unspecified atom stereocenters. The lowest BCUT2D eigenvalue weighted by Crippen LogP contribution is -2.26. The number of rotatable bonds is 8. The Bertz CT molecular complexity index is 841. The fraction of sp³-hybridized carbons (Fsp3) is 0.364. The molecular weight excluding hydrogens is 406 g/mol. The van der Waals surface area contributed by atoms with E-state index in [2.05, 4.69) is 77.6 Å². The predicted molar refractivity (Wildman–Crippen MR) is 117 cm³/mol. The van der Waals surface area contributed by atoms with Gasteiger partial charge in [-0.25, -0.2) is 0 Å². The van der Waals surface area contributed by atoms with Crippen molar-refractivity contribution in [3.63, 3.8) is 0 Å². The first-order valence-corrected chi connectivity index (χ1v) is 10.9. The van der Waals surface area contributed by atoms with Crippen molar-refractivity contribution in [3.05, 3.63) is 52.3 Å². The highest BCUT2D eigenvalue weighted by atomic mass is 79.9. The lowest BCUT2D eigenvalue weighted by Gasteiger charge is -2.15. The lowest BCUT2D eigenvalue weighted by atomic mass is 10.00. The number of nitrogens with two attached hydrogens (primary N) is 1. The summed E-state index contributed by atoms with van der Waals surface area (Å²) < 4.78 is 8.32. The molecule has 3 rings (SSSR count). The molecule has 138 valence electrons. The van der Waals surface area contributed by atoms with Gasteiger partial charge < -0.3 is 10.5 Å². The Morgan fingerprint density at radius 2 is 1.85 bits per heavy atom. The Morgan fingerprint density at radius 1 is 1.08 bits per heavy atom. The molecule has 2 aromatic carbocycles. The largest absolute Gasteiger partial charge is 0.494 e. The molecule has 3 aromatic rings. The Kier molecular flexibility index (Phi) is 6.74. The monoisotopic (exact) mass is 431 g/mol. The van der Waals surface area contributed by atoms with Crippen LogP contribution in [0, 0.1) is 5.92 Å². The minimum atomic E-state index is 0.300. The average Bonchev–Trinajstić information content (AvgIpc) is 3.05. The zero-order valence-corrected chi connectivity index (χ0v) is 17.8. The molecule has 0 radical (unpaired) electrons. The fourth-order valence-corrected chi connectivity index (χ4v) is 4.22. The Balaban J connectivity index is 1.59. The minimum Gasteiger partial charge on any atom is -0.494 e. The maximum atomic E-state index is 6.09. The minimum absolute atomic E-state index is 0.300. The number of ether oxygens (including phenoxy) is 1. The number of benzene rings is 2. The van der Waals surface area contributed by atoms with Crippen LogP contribution in [0.2, 0.25) is 0 Å². The SMILES string of the molecule is CC(C)C(N)CCCCOc1ccc2c(-c3ccc(Br)cc3)csc2c1. The van der Waals surface area contributed by atoms with Gasteiger partial charge in [0.15, 0.2) is 0 Å². The van der Waals surface area contributed by atoms with Crippen LogP contribution in [0.1, 0.15) is 33.1 Å². The number of unbranched alkanes of at least 4 members (excludes halogenated alkanes) is 1. The summed E-state index contributed by atoms with van der Waals surface area (Å²) in [5.74, 6) is 1.51. The molecule has 0 amide bonds. The van der Waals surface area contributed by atoms with Crippen LogP contribution in [0.15, 0.2) is 52.3 Å². The van der Waals surface area contributed by atoms with Gasteiger partial charge in [0.2, 0.25) is 0 Å². The highest BCUT2D eigenvalue weighted by Crippen LogP contribution is 2.36. The Labute approximate surface area is 168 Å². The van der Waals surface area contributed by atoms with Gasteiger partial charge in [-0.2, -0.15) is 0 Å². The zero-order valence-electron chi connectivity index (χ0n) is 15.4. The summed E-state index contributed by atoms with van der Waals surface area (Å²) in [6.07, 6.45) is 3.24. The molecule has 0 aliphatic rings. The van der Waals surface area contributed by atoms with Crippen molar-refractivity contribution in [3.8, 4) is 16.9 Å². The molecule has 1 atom stereocenters. The third kappa shape index (κ3) is 4.87. The van der Waals surface area contributed by atoms with Gasteiger partial charge in [0.05, 0.1) is 6.61 Å². The number of fused-ring (bicyclic) bond motifs is 1. The van der Waals surface area contributed by atoms with Gasteiger partial charge in [-0.15, -0.1) is 11.3 Å². The van der Waals surface area contributed by atoms with Crippen LogP contribution in [0.5, 0.6) is 5.75 Å². The number of halogens is 1. The molecule has 4 heteroatoms. The van der Waals surface area contributed by atoms with E-state index in [1.807, 2.05) is 0 Å². The molecule has 0 saturated heterocycles. The van der Waals surface area contributed by atoms with Gasteiger partial charge in [-0.05, 0) is 66.5 Å². The van der Waals surface area contributed by atoms with Crippen LogP contribution >= 0.6 is 27.3 Å². The first-order chi connectivity index (χ1) is 12.5. The molecule has 0 bridgehead atoms. The van der Waals surface area contributed by atoms with Crippen molar-refractivity contribution in [2.75, 3.05) is 6.61 Å². The van der Waals surface area contributed by atoms with E-state index in [1.54, 1.807) is 11.3 Å². The summed E-state index contributed by atoms with van der Waals surface area (Å²) in [7, 11) is 0. The number of hydrogen-bond acceptors (Lipinski definition) is 3. The summed E-state index contributed by atoms with van der Waals surface area (Å²) in [5.41, 5.74) is 8.62. The van der Waals surface area contributed by atoms with E-state index in [9.17, 15) is 0 Å². The zero-order chi connectivity index (χ0) is 18.5. The predicted octanol–water partition coefficient (Wildman–Crippen LogP) is 6.86. The fourth-order valence-electron chi connectivity index (χ4n) is 2.96. The highest BCUT2D eigenvalue weighted by Gasteiger charge is 2.09. The Morgan fingerprint density at radius 3 is 2.58 bits per heavy atom. The third-order valence-corrected chi connectivity index (χ3v) is 6.23. The molecule has 2 N–H and O–H groups in total. The van der Waals surface area contributed by atoms with Crippen LogP contribution in [-0.4, -0.2) is 12.6 Å². The van der Waals surface area contributed by atoms with Crippen LogP contribution in [0.4, 0.5) is 0 Å². The number of hydrogen-bond donors (Lipinski definition) is 1. The molecule has 1 aromatic heterocycles. The molecule has 1 heterocycles. The van der Waals surface area contributed by atoms with E-state index >= 15 is 0 Å². The smallest absolute Gasteiger partial charge is 0.120 e. The third-order valence-electron chi connectivity index (χ3n) is 4.76. The van der Waals surface area contributed by atoms with Crippen molar-refractivity contribution < 1.29 is 4.74 Å². The topological polar surface area (TPSA) is 35.2 Å². The van der Waals surface area contributed by atoms with Gasteiger partial charge in [0.1, 0.15) is 5.75 Å². The van der Waals surface area contributed by atoms with Gasteiger partial charge in [0, 0.05) is 26.2 Å². The summed E-state index contributed by atoms with van der Waals surface area (Å²) in [6, 6.07) is 15.2. The van der Waals surface area contributed by atoms with Crippen molar-refractivity contribution in [2.45, 2.75) is 39.2 Å². The van der Waals surface area contributed by atoms with E-state index in [4.69, 9.17) is 10.5 Å². The normalized spacial score (nSPS) is 12.7. The summed E-state index contributed by atoms with van der Waals surface area (Å²) in [5, 5.41) is 3.51. The second-order valence-corrected chi connectivity index (χ2v) is 8.89. The van der Waals surface area contributed by atoms with Gasteiger partial charge in [0.25, 0.3) is 0 Å². The summed E-state index contributed by atoms with van der Waals surface area (Å²) >= 11 is 5.27. The molecular formula is C22H26BrNOS. The molecule has 26 heavy (non-hydrogen) atoms. The first-order valence-electron chi connectivity index (χ1n) is 9.20. The van der Waals surface area contributed by atoms with E-state index in [-0.39, 0.29) is 0 Å². The van der Waals surface area contributed by atoms with E-state index in [1.165, 1.54) is 21.2 Å². The average molecular weight is 432 g/mol. The van der Waals surface area contributed by atoms with Gasteiger partial charge >= 0.3 is 0 Å². The molecule has 0 saturated carbocycles. The second-order valence-electron chi connectivity index (χ2n) is 7.07. The maximum absolute atomic E-state index is 6.09. The first kappa shape index (κ1) is 19.4. The Hall–Kier alpha value is -1.36. The van der Waals surface area contributed by atoms with Crippen molar-refractivity contribution in [1.29, 1.82) is 0 Å². The molecule has 0 fully saturated rings. The standard InChI is InChI=1S/C22H26BrNOS/c1-15(2)21(24)5-3-4-12-25-18-10-11-19-20(14-26-22(19)13-18)16-6-8-17(23)9-7-16/h6-11,13-15,21H,3-5,12,24H2,1-2H3. The van der Waals surface area contributed by atoms with Gasteiger partial charge in [-0.3, -0.25) is 0 Å². The van der Waals surface area contributed by atoms with Crippen LogP contribution in [0.3, 0.4) is 0 Å². The van der Waals surface area contributed by atoms with Crippen molar-refractivity contribution in [2.24, 2.45) is 11.7 Å². The van der Waals surface area contributed by atoms with E-state index in [0.29, 0.717) is 12.0 Å². The lowest BCUT2D eigenvalue weighted by molar-refractivity contribution is 0.300. The van der Waals surface area contributed by atoms with E-state index < -0.39 is 0 Å². The highest BCUT2D eigenvalue weighted by molar-refractivity contribution is 9.10. The van der Waals surface area contributed by atoms with Crippen LogP contribution in [0.25, 0.3) is 21.2 Å². The van der Waals surface area contributed by atoms with Gasteiger partial charge in [-0.1, -0.05) is 41.9 Å². The molecule has 0 spiro atoms. The van der Waals surface area contributed by atoms with Crippen LogP contribution < -0.4 is 10.5 Å². The van der Waals surface area contributed by atoms with Crippen molar-refractivity contribution in [1.82, 2.24) is 0 Å². The van der Waals surface area contributed by atoms with Crippen LogP contribution in [-0.2, 0) is 0 Å². The van der Waals surface area contributed by atoms with Crippen molar-refractivity contribution >= 4 is 37.4 Å². The summed E-state index contributed by atoms with van der Waals surface area (Å²) in [6.45, 7) is 5.11. The number of thiophene rings is 1.